The number of amidine groups is 1. The van der Waals surface area contributed by atoms with Crippen LogP contribution in [0.3, 0.4) is 0 Å². The molecule has 0 radical (unpaired) electrons. The molecule has 3 aliphatic heterocycles. The summed E-state index contributed by atoms with van der Waals surface area (Å²) >= 11 is 0. The first-order valence-corrected chi connectivity index (χ1v) is 9.58. The van der Waals surface area contributed by atoms with Crippen molar-refractivity contribution in [1.82, 2.24) is 19.8 Å². The predicted molar refractivity (Wildman–Crippen MR) is 105 cm³/mol. The van der Waals surface area contributed by atoms with Gasteiger partial charge in [-0.3, -0.25) is 9.59 Å². The molecule has 1 saturated heterocycles. The van der Waals surface area contributed by atoms with Gasteiger partial charge >= 0.3 is 0 Å². The molecule has 142 valence electrons. The molecule has 1 fully saturated rings. The third-order valence-corrected chi connectivity index (χ3v) is 5.84. The second-order valence-electron chi connectivity index (χ2n) is 7.68. The largest absolute Gasteiger partial charge is 0.340 e. The Balaban J connectivity index is 1.39. The number of carbonyl (C=O) groups is 2. The number of hydrogen-bond acceptors (Lipinski definition) is 4. The highest BCUT2D eigenvalue weighted by molar-refractivity contribution is 6.13. The number of nitrogens with zero attached hydrogens (tertiary/aromatic N) is 4. The number of hydrogen-bond donors (Lipinski definition) is 1. The molecule has 0 spiro atoms. The number of allylic oxidation sites excluding steroid dienone is 2. The number of fused-ring (bicyclic) bond motifs is 2. The Morgan fingerprint density at radius 3 is 3.04 bits per heavy atom. The number of likely N-dealkylation sites (tertiary alicyclic amines) is 1. The lowest BCUT2D eigenvalue weighted by molar-refractivity contribution is -0.138. The minimum absolute atomic E-state index is 0.0433. The lowest BCUT2D eigenvalue weighted by Crippen LogP contribution is -2.50. The van der Waals surface area contributed by atoms with Crippen LogP contribution in [0.25, 0.3) is 11.0 Å². The first-order chi connectivity index (χ1) is 13.6. The molecule has 5 rings (SSSR count). The molecule has 2 aromatic rings. The molecule has 0 aliphatic carbocycles. The van der Waals surface area contributed by atoms with Crippen molar-refractivity contribution in [2.75, 3.05) is 6.54 Å². The Morgan fingerprint density at radius 2 is 2.18 bits per heavy atom. The molecule has 0 bridgehead atoms. The van der Waals surface area contributed by atoms with Gasteiger partial charge in [-0.15, -0.1) is 0 Å². The quantitative estimate of drug-likeness (QED) is 0.894. The number of carbonyl (C=O) groups excluding carboxylic acids is 2. The van der Waals surface area contributed by atoms with Crippen molar-refractivity contribution < 1.29 is 9.59 Å². The van der Waals surface area contributed by atoms with Crippen LogP contribution in [-0.4, -0.2) is 49.5 Å². The fraction of sp³-hybridized carbons (Fsp3) is 0.333. The molecule has 3 aliphatic rings. The topological polar surface area (TPSA) is 81.7 Å². The van der Waals surface area contributed by atoms with Crippen molar-refractivity contribution in [3.05, 3.63) is 54.5 Å². The normalized spacial score (nSPS) is 26.2. The Bertz CT molecular complexity index is 1030. The molecular weight excluding hydrogens is 354 g/mol. The second kappa shape index (κ2) is 6.15. The van der Waals surface area contributed by atoms with Crippen LogP contribution in [0.4, 0.5) is 0 Å². The van der Waals surface area contributed by atoms with E-state index in [1.165, 1.54) is 0 Å². The monoisotopic (exact) mass is 375 g/mol. The van der Waals surface area contributed by atoms with Crippen molar-refractivity contribution in [2.24, 2.45) is 4.99 Å². The number of amides is 2. The van der Waals surface area contributed by atoms with Gasteiger partial charge < -0.3 is 14.8 Å². The molecule has 1 aromatic heterocycles. The van der Waals surface area contributed by atoms with Crippen molar-refractivity contribution in [3.8, 4) is 0 Å². The molecular formula is C21H21N5O2. The van der Waals surface area contributed by atoms with Crippen LogP contribution in [0.1, 0.15) is 38.1 Å². The van der Waals surface area contributed by atoms with Crippen LogP contribution < -0.4 is 0 Å². The summed E-state index contributed by atoms with van der Waals surface area (Å²) in [4.78, 5) is 41.7. The van der Waals surface area contributed by atoms with Gasteiger partial charge in [0.1, 0.15) is 17.2 Å². The first-order valence-electron chi connectivity index (χ1n) is 9.58. The fourth-order valence-corrected chi connectivity index (χ4v) is 4.31. The van der Waals surface area contributed by atoms with Gasteiger partial charge in [0.25, 0.3) is 5.91 Å². The van der Waals surface area contributed by atoms with E-state index in [2.05, 4.69) is 15.0 Å². The zero-order valence-electron chi connectivity index (χ0n) is 15.6. The van der Waals surface area contributed by atoms with Crippen LogP contribution >= 0.6 is 0 Å². The summed E-state index contributed by atoms with van der Waals surface area (Å²) in [7, 11) is 0. The molecule has 0 unspecified atom stereocenters. The molecule has 0 saturated carbocycles. The zero-order chi connectivity index (χ0) is 19.3. The van der Waals surface area contributed by atoms with Gasteiger partial charge in [-0.2, -0.15) is 4.99 Å². The Hall–Kier alpha value is -3.22. The number of imidazole rings is 1. The minimum atomic E-state index is -0.977. The summed E-state index contributed by atoms with van der Waals surface area (Å²) in [6.07, 6.45) is 9.18. The van der Waals surface area contributed by atoms with Crippen LogP contribution in [0.15, 0.2) is 53.7 Å². The van der Waals surface area contributed by atoms with E-state index < -0.39 is 5.54 Å². The molecule has 7 nitrogen and oxygen atoms in total. The molecule has 4 heterocycles. The van der Waals surface area contributed by atoms with Gasteiger partial charge in [0, 0.05) is 12.7 Å². The van der Waals surface area contributed by atoms with Crippen LogP contribution in [0, 0.1) is 0 Å². The molecule has 28 heavy (non-hydrogen) atoms. The summed E-state index contributed by atoms with van der Waals surface area (Å²) < 4.78 is 0. The second-order valence-corrected chi connectivity index (χ2v) is 7.68. The van der Waals surface area contributed by atoms with Gasteiger partial charge in [-0.25, -0.2) is 4.98 Å². The number of aromatic amines is 1. The number of benzene rings is 1. The SMILES string of the molecule is C[C@@]1(CC(=O)N2CCC[C@@H]2c2nc3ccccc3[nH]2)C(=O)N=C2C=CC=CN21. The zero-order valence-corrected chi connectivity index (χ0v) is 15.6. The third kappa shape index (κ3) is 2.50. The van der Waals surface area contributed by atoms with Crippen molar-refractivity contribution in [2.45, 2.75) is 37.8 Å². The average Bonchev–Trinajstić information content (AvgIpc) is 3.39. The number of aliphatic imine (C=N–C) groups is 1. The van der Waals surface area contributed by atoms with E-state index in [4.69, 9.17) is 0 Å². The number of nitrogens with one attached hydrogen (secondary N) is 1. The van der Waals surface area contributed by atoms with Gasteiger partial charge in [0.15, 0.2) is 0 Å². The van der Waals surface area contributed by atoms with Crippen molar-refractivity contribution >= 4 is 28.7 Å². The number of aromatic nitrogens is 2. The number of rotatable bonds is 3. The van der Waals surface area contributed by atoms with Gasteiger partial charge in [-0.05, 0) is 44.1 Å². The maximum absolute atomic E-state index is 13.2. The molecule has 2 amide bonds. The van der Waals surface area contributed by atoms with Crippen molar-refractivity contribution in [1.29, 1.82) is 0 Å². The van der Waals surface area contributed by atoms with Crippen molar-refractivity contribution in [3.63, 3.8) is 0 Å². The van der Waals surface area contributed by atoms with Gasteiger partial charge in [0.2, 0.25) is 5.91 Å². The smallest absolute Gasteiger partial charge is 0.274 e. The highest BCUT2D eigenvalue weighted by Gasteiger charge is 2.48. The first kappa shape index (κ1) is 16.9. The summed E-state index contributed by atoms with van der Waals surface area (Å²) in [6, 6.07) is 7.78. The predicted octanol–water partition coefficient (Wildman–Crippen LogP) is 2.70. The Labute approximate surface area is 162 Å². The van der Waals surface area contributed by atoms with Gasteiger partial charge in [-0.1, -0.05) is 18.2 Å². The maximum Gasteiger partial charge on any atom is 0.274 e. The molecule has 7 heteroatoms. The van der Waals surface area contributed by atoms with Crippen LogP contribution in [0.5, 0.6) is 0 Å². The van der Waals surface area contributed by atoms with Crippen LogP contribution in [0.2, 0.25) is 0 Å². The number of para-hydroxylation sites is 2. The fourth-order valence-electron chi connectivity index (χ4n) is 4.31. The highest BCUT2D eigenvalue weighted by Crippen LogP contribution is 2.35. The average molecular weight is 375 g/mol. The lowest BCUT2D eigenvalue weighted by Gasteiger charge is -2.34. The molecule has 1 aromatic carbocycles. The minimum Gasteiger partial charge on any atom is -0.340 e. The van der Waals surface area contributed by atoms with E-state index in [9.17, 15) is 9.59 Å². The molecule has 1 N–H and O–H groups in total. The van der Waals surface area contributed by atoms with E-state index in [1.807, 2.05) is 47.5 Å². The highest BCUT2D eigenvalue weighted by atomic mass is 16.2. The third-order valence-electron chi connectivity index (χ3n) is 5.84. The summed E-state index contributed by atoms with van der Waals surface area (Å²) in [5, 5.41) is 0. The summed E-state index contributed by atoms with van der Waals surface area (Å²) in [5.74, 6) is 1.09. The van der Waals surface area contributed by atoms with E-state index in [0.29, 0.717) is 12.4 Å². The van der Waals surface area contributed by atoms with E-state index in [0.717, 1.165) is 29.7 Å². The Morgan fingerprint density at radius 1 is 1.32 bits per heavy atom. The van der Waals surface area contributed by atoms with E-state index >= 15 is 0 Å². The number of H-pyrrole nitrogens is 1. The molecule has 2 atom stereocenters. The van der Waals surface area contributed by atoms with Crippen LogP contribution in [-0.2, 0) is 9.59 Å². The summed E-state index contributed by atoms with van der Waals surface area (Å²) in [5.41, 5.74) is 0.894. The van der Waals surface area contributed by atoms with Gasteiger partial charge in [0.05, 0.1) is 23.5 Å². The standard InChI is InChI=1S/C21H21N5O2/c1-21(20(28)24-17-10-4-5-12-26(17)21)13-18(27)25-11-6-9-16(25)19-22-14-7-2-3-8-15(14)23-19/h2-5,7-8,10,12,16H,6,9,11,13H2,1H3,(H,22,23)/t16-,21-/m1/s1. The maximum atomic E-state index is 13.2. The summed E-state index contributed by atoms with van der Waals surface area (Å²) in [6.45, 7) is 2.47. The van der Waals surface area contributed by atoms with E-state index in [-0.39, 0.29) is 24.3 Å². The Kier molecular flexibility index (Phi) is 3.72. The lowest BCUT2D eigenvalue weighted by atomic mass is 9.94. The van der Waals surface area contributed by atoms with E-state index in [1.54, 1.807) is 17.9 Å².